The van der Waals surface area contributed by atoms with Crippen LogP contribution in [0.3, 0.4) is 0 Å². The van der Waals surface area contributed by atoms with Gasteiger partial charge in [-0.25, -0.2) is 9.97 Å². The number of rotatable bonds is 6. The van der Waals surface area contributed by atoms with E-state index in [0.29, 0.717) is 6.61 Å². The first-order valence-electron chi connectivity index (χ1n) is 11.7. The van der Waals surface area contributed by atoms with E-state index in [1.165, 1.54) is 22.1 Å². The third-order valence-corrected chi connectivity index (χ3v) is 6.44. The Labute approximate surface area is 199 Å². The molecule has 1 aliphatic rings. The van der Waals surface area contributed by atoms with Crippen molar-refractivity contribution in [1.82, 2.24) is 19.9 Å². The molecule has 34 heavy (non-hydrogen) atoms. The number of hydrogen-bond donors (Lipinski definition) is 1. The molecule has 0 saturated heterocycles. The van der Waals surface area contributed by atoms with E-state index >= 15 is 0 Å². The lowest BCUT2D eigenvalue weighted by atomic mass is 10.0. The highest BCUT2D eigenvalue weighted by Gasteiger charge is 2.20. The Kier molecular flexibility index (Phi) is 5.53. The van der Waals surface area contributed by atoms with Crippen LogP contribution >= 0.6 is 0 Å². The minimum absolute atomic E-state index is 0.568. The third kappa shape index (κ3) is 4.30. The molecule has 0 amide bonds. The summed E-state index contributed by atoms with van der Waals surface area (Å²) >= 11 is 0. The van der Waals surface area contributed by atoms with Gasteiger partial charge in [-0.05, 0) is 41.3 Å². The number of hydrogen-bond acceptors (Lipinski definition) is 4. The van der Waals surface area contributed by atoms with Gasteiger partial charge < -0.3 is 9.72 Å². The van der Waals surface area contributed by atoms with Crippen LogP contribution in [-0.4, -0.2) is 26.4 Å². The van der Waals surface area contributed by atoms with E-state index in [-0.39, 0.29) is 0 Å². The van der Waals surface area contributed by atoms with Gasteiger partial charge in [-0.3, -0.25) is 4.90 Å². The van der Waals surface area contributed by atoms with E-state index in [1.807, 2.05) is 48.7 Å². The minimum Gasteiger partial charge on any atom is -0.489 e. The maximum absolute atomic E-state index is 6.07. The average Bonchev–Trinajstić information content (AvgIpc) is 3.30. The molecule has 5 heteroatoms. The largest absolute Gasteiger partial charge is 0.489 e. The SMILES string of the molecule is c1ccc(COc2ccc3[nH]cc(CN4CCc5cnc(-c6ccccc6)nc5C4)c3c2)cc1. The molecule has 5 aromatic rings. The van der Waals surface area contributed by atoms with Gasteiger partial charge >= 0.3 is 0 Å². The second-order valence-corrected chi connectivity index (χ2v) is 8.79. The summed E-state index contributed by atoms with van der Waals surface area (Å²) in [6.07, 6.45) is 5.10. The number of nitrogens with zero attached hydrogens (tertiary/aromatic N) is 3. The molecule has 5 nitrogen and oxygen atoms in total. The molecular formula is C29H26N4O. The normalized spacial score (nSPS) is 13.6. The van der Waals surface area contributed by atoms with Crippen molar-refractivity contribution in [1.29, 1.82) is 0 Å². The maximum Gasteiger partial charge on any atom is 0.159 e. The summed E-state index contributed by atoms with van der Waals surface area (Å²) < 4.78 is 6.07. The molecule has 0 radical (unpaired) electrons. The molecule has 6 rings (SSSR count). The molecule has 0 atom stereocenters. The topological polar surface area (TPSA) is 54.0 Å². The number of nitrogens with one attached hydrogen (secondary N) is 1. The predicted molar refractivity (Wildman–Crippen MR) is 134 cm³/mol. The van der Waals surface area contributed by atoms with Crippen LogP contribution in [0, 0.1) is 0 Å². The predicted octanol–water partition coefficient (Wildman–Crippen LogP) is 5.76. The van der Waals surface area contributed by atoms with Gasteiger partial charge in [0.25, 0.3) is 0 Å². The Morgan fingerprint density at radius 1 is 0.941 bits per heavy atom. The van der Waals surface area contributed by atoms with Crippen molar-refractivity contribution in [2.24, 2.45) is 0 Å². The monoisotopic (exact) mass is 446 g/mol. The molecule has 3 heterocycles. The minimum atomic E-state index is 0.568. The van der Waals surface area contributed by atoms with Gasteiger partial charge in [0.1, 0.15) is 12.4 Å². The second kappa shape index (κ2) is 9.12. The van der Waals surface area contributed by atoms with Gasteiger partial charge in [0.05, 0.1) is 5.69 Å². The molecule has 0 unspecified atom stereocenters. The number of ether oxygens (including phenoxy) is 1. The van der Waals surface area contributed by atoms with Gasteiger partial charge in [-0.15, -0.1) is 0 Å². The number of aromatic nitrogens is 3. The van der Waals surface area contributed by atoms with E-state index in [9.17, 15) is 0 Å². The van der Waals surface area contributed by atoms with Gasteiger partial charge in [-0.1, -0.05) is 60.7 Å². The van der Waals surface area contributed by atoms with Crippen molar-refractivity contribution in [3.8, 4) is 17.1 Å². The average molecular weight is 447 g/mol. The second-order valence-electron chi connectivity index (χ2n) is 8.79. The zero-order valence-electron chi connectivity index (χ0n) is 18.9. The van der Waals surface area contributed by atoms with E-state index in [4.69, 9.17) is 9.72 Å². The van der Waals surface area contributed by atoms with Crippen molar-refractivity contribution in [3.63, 3.8) is 0 Å². The van der Waals surface area contributed by atoms with E-state index in [1.54, 1.807) is 0 Å². The number of aromatic amines is 1. The first kappa shape index (κ1) is 20.6. The standard InChI is InChI=1S/C29H26N4O/c1-3-7-21(8-4-1)20-34-25-11-12-27-26(15-25)24(17-30-27)18-33-14-13-23-16-31-29(32-28(23)19-33)22-9-5-2-6-10-22/h1-12,15-17,30H,13-14,18-20H2. The number of benzene rings is 3. The lowest BCUT2D eigenvalue weighted by molar-refractivity contribution is 0.242. The molecular weight excluding hydrogens is 420 g/mol. The highest BCUT2D eigenvalue weighted by molar-refractivity contribution is 5.84. The lowest BCUT2D eigenvalue weighted by Gasteiger charge is -2.27. The van der Waals surface area contributed by atoms with Crippen molar-refractivity contribution < 1.29 is 4.74 Å². The Morgan fingerprint density at radius 3 is 2.62 bits per heavy atom. The summed E-state index contributed by atoms with van der Waals surface area (Å²) in [4.78, 5) is 15.4. The van der Waals surface area contributed by atoms with Gasteiger partial charge in [0.15, 0.2) is 5.82 Å². The van der Waals surface area contributed by atoms with Crippen LogP contribution in [0.5, 0.6) is 5.75 Å². The third-order valence-electron chi connectivity index (χ3n) is 6.44. The molecule has 0 saturated carbocycles. The summed E-state index contributed by atoms with van der Waals surface area (Å²) in [5.74, 6) is 1.69. The first-order valence-corrected chi connectivity index (χ1v) is 11.7. The zero-order valence-corrected chi connectivity index (χ0v) is 18.9. The van der Waals surface area contributed by atoms with Crippen LogP contribution < -0.4 is 4.74 Å². The fourth-order valence-corrected chi connectivity index (χ4v) is 4.58. The molecule has 1 N–H and O–H groups in total. The Balaban J connectivity index is 1.19. The molecule has 168 valence electrons. The van der Waals surface area contributed by atoms with Crippen LogP contribution in [0.25, 0.3) is 22.3 Å². The Bertz CT molecular complexity index is 1410. The van der Waals surface area contributed by atoms with Gasteiger partial charge in [0, 0.05) is 48.5 Å². The Hall–Kier alpha value is -3.96. The number of fused-ring (bicyclic) bond motifs is 2. The zero-order chi connectivity index (χ0) is 22.7. The van der Waals surface area contributed by atoms with Crippen molar-refractivity contribution >= 4 is 10.9 Å². The van der Waals surface area contributed by atoms with Crippen molar-refractivity contribution in [2.75, 3.05) is 6.54 Å². The quantitative estimate of drug-likeness (QED) is 0.360. The highest BCUT2D eigenvalue weighted by Crippen LogP contribution is 2.27. The highest BCUT2D eigenvalue weighted by atomic mass is 16.5. The first-order chi connectivity index (χ1) is 16.8. The summed E-state index contributed by atoms with van der Waals surface area (Å²) in [6, 6.07) is 26.7. The summed E-state index contributed by atoms with van der Waals surface area (Å²) in [5, 5.41) is 1.21. The summed E-state index contributed by atoms with van der Waals surface area (Å²) in [7, 11) is 0. The van der Waals surface area contributed by atoms with E-state index in [0.717, 1.165) is 54.4 Å². The molecule has 0 bridgehead atoms. The van der Waals surface area contributed by atoms with Gasteiger partial charge in [-0.2, -0.15) is 0 Å². The molecule has 3 aromatic carbocycles. The maximum atomic E-state index is 6.07. The van der Waals surface area contributed by atoms with Gasteiger partial charge in [0.2, 0.25) is 0 Å². The van der Waals surface area contributed by atoms with Crippen LogP contribution in [0.2, 0.25) is 0 Å². The van der Waals surface area contributed by atoms with Crippen LogP contribution in [0.4, 0.5) is 0 Å². The summed E-state index contributed by atoms with van der Waals surface area (Å²) in [5.41, 5.74) is 7.02. The smallest absolute Gasteiger partial charge is 0.159 e. The van der Waals surface area contributed by atoms with E-state index in [2.05, 4.69) is 57.5 Å². The van der Waals surface area contributed by atoms with Crippen LogP contribution in [0.1, 0.15) is 22.4 Å². The molecule has 0 fully saturated rings. The molecule has 0 spiro atoms. The fraction of sp³-hybridized carbons (Fsp3) is 0.172. The Morgan fingerprint density at radius 2 is 1.76 bits per heavy atom. The summed E-state index contributed by atoms with van der Waals surface area (Å²) in [6.45, 7) is 3.26. The molecule has 1 aliphatic heterocycles. The fourth-order valence-electron chi connectivity index (χ4n) is 4.58. The van der Waals surface area contributed by atoms with E-state index < -0.39 is 0 Å². The molecule has 0 aliphatic carbocycles. The lowest BCUT2D eigenvalue weighted by Crippen LogP contribution is -2.31. The van der Waals surface area contributed by atoms with Crippen LogP contribution in [-0.2, 0) is 26.1 Å². The van der Waals surface area contributed by atoms with Crippen LogP contribution in [0.15, 0.2) is 91.3 Å². The number of H-pyrrole nitrogens is 1. The van der Waals surface area contributed by atoms with Crippen molar-refractivity contribution in [3.05, 3.63) is 114 Å². The molecule has 2 aromatic heterocycles. The van der Waals surface area contributed by atoms with Crippen molar-refractivity contribution in [2.45, 2.75) is 26.1 Å².